The first-order valence-electron chi connectivity index (χ1n) is 9.43. The van der Waals surface area contributed by atoms with Gasteiger partial charge in [0.05, 0.1) is 0 Å². The van der Waals surface area contributed by atoms with Gasteiger partial charge in [-0.3, -0.25) is 0 Å². The molecule has 1 heterocycles. The van der Waals surface area contributed by atoms with Crippen molar-refractivity contribution in [1.82, 2.24) is 0 Å². The summed E-state index contributed by atoms with van der Waals surface area (Å²) in [4.78, 5) is 0. The van der Waals surface area contributed by atoms with Gasteiger partial charge < -0.3 is 0 Å². The first kappa shape index (κ1) is 19.9. The van der Waals surface area contributed by atoms with E-state index in [9.17, 15) is 0 Å². The van der Waals surface area contributed by atoms with Crippen LogP contribution in [0, 0.1) is 6.92 Å². The van der Waals surface area contributed by atoms with Crippen LogP contribution in [0.15, 0.2) is 90.6 Å². The van der Waals surface area contributed by atoms with E-state index in [1.54, 1.807) is 11.3 Å². The van der Waals surface area contributed by atoms with Gasteiger partial charge in [0.15, 0.2) is 0 Å². The molecule has 140 valence electrons. The van der Waals surface area contributed by atoms with Crippen molar-refractivity contribution in [2.24, 2.45) is 0 Å². The van der Waals surface area contributed by atoms with Crippen LogP contribution in [0.25, 0.3) is 28.3 Å². The van der Waals surface area contributed by atoms with Gasteiger partial charge in [-0.15, -0.1) is 11.3 Å². The highest BCUT2D eigenvalue weighted by Crippen LogP contribution is 2.17. The molecule has 28 heavy (non-hydrogen) atoms. The molecule has 0 amide bonds. The number of fused-ring (bicyclic) bond motifs is 1. The quantitative estimate of drug-likeness (QED) is 0.438. The van der Waals surface area contributed by atoms with Crippen molar-refractivity contribution < 1.29 is 0 Å². The second-order valence-corrected chi connectivity index (χ2v) is 8.13. The summed E-state index contributed by atoms with van der Waals surface area (Å²) in [6.45, 7) is 14.6. The van der Waals surface area contributed by atoms with Gasteiger partial charge in [0.1, 0.15) is 0 Å². The van der Waals surface area contributed by atoms with Crippen LogP contribution in [-0.4, -0.2) is 0 Å². The summed E-state index contributed by atoms with van der Waals surface area (Å²) in [5, 5.41) is 2.47. The Bertz CT molecular complexity index is 1200. The maximum atomic E-state index is 4.21. The average Bonchev–Trinajstić information content (AvgIpc) is 3.02. The van der Waals surface area contributed by atoms with Gasteiger partial charge in [0.25, 0.3) is 0 Å². The molecule has 0 nitrogen and oxygen atoms in total. The molecule has 0 N–H and O–H groups in total. The van der Waals surface area contributed by atoms with Gasteiger partial charge in [-0.1, -0.05) is 91.6 Å². The molecule has 0 unspecified atom stereocenters. The van der Waals surface area contributed by atoms with Crippen molar-refractivity contribution in [3.05, 3.63) is 111 Å². The molecule has 0 bridgehead atoms. The fraction of sp³-hybridized carbons (Fsp3) is 0.111. The standard InChI is InChI=1S/C27H26S/c1-6-23(17-13-21(4)24-15-11-19(2)12-16-24)20(3)14-18-25-22(5)28-27-10-8-7-9-26(25)27/h6-18H,1,5H2,2-4H3/b20-14+,21-13+,23-17+,25-18+. The molecule has 1 heteroatoms. The van der Waals surface area contributed by atoms with Crippen LogP contribution in [0.4, 0.5) is 0 Å². The largest absolute Gasteiger partial charge is 0.136 e. The molecule has 2 aromatic carbocycles. The van der Waals surface area contributed by atoms with E-state index >= 15 is 0 Å². The molecular weight excluding hydrogens is 356 g/mol. The molecule has 0 spiro atoms. The molecule has 0 fully saturated rings. The van der Waals surface area contributed by atoms with Gasteiger partial charge in [-0.2, -0.15) is 0 Å². The second-order valence-electron chi connectivity index (χ2n) is 6.99. The Hall–Kier alpha value is -2.90. The summed E-state index contributed by atoms with van der Waals surface area (Å²) in [7, 11) is 0. The molecular formula is C27H26S. The Balaban J connectivity index is 1.93. The highest BCUT2D eigenvalue weighted by molar-refractivity contribution is 7.17. The van der Waals surface area contributed by atoms with Crippen LogP contribution in [0.1, 0.15) is 25.0 Å². The van der Waals surface area contributed by atoms with E-state index in [-0.39, 0.29) is 0 Å². The van der Waals surface area contributed by atoms with Crippen molar-refractivity contribution in [2.75, 3.05) is 0 Å². The SMILES string of the molecule is C=CC(=C\C=C(/C)c1ccc(C)cc1)/C(C)=C/C=c1\c(=C)sc2ccccc12. The van der Waals surface area contributed by atoms with E-state index in [4.69, 9.17) is 0 Å². The van der Waals surface area contributed by atoms with Gasteiger partial charge in [-0.25, -0.2) is 0 Å². The van der Waals surface area contributed by atoms with Gasteiger partial charge in [-0.05, 0) is 54.3 Å². The Morgan fingerprint density at radius 3 is 2.36 bits per heavy atom. The number of hydrogen-bond donors (Lipinski definition) is 0. The van der Waals surface area contributed by atoms with E-state index < -0.39 is 0 Å². The van der Waals surface area contributed by atoms with Gasteiger partial charge in [0.2, 0.25) is 0 Å². The normalized spacial score (nSPS) is 14.0. The van der Waals surface area contributed by atoms with E-state index in [1.807, 2.05) is 6.08 Å². The van der Waals surface area contributed by atoms with Crippen molar-refractivity contribution in [2.45, 2.75) is 20.8 Å². The topological polar surface area (TPSA) is 0 Å². The number of hydrogen-bond acceptors (Lipinski definition) is 1. The Labute approximate surface area is 171 Å². The van der Waals surface area contributed by atoms with E-state index in [0.717, 1.165) is 10.1 Å². The van der Waals surface area contributed by atoms with E-state index in [1.165, 1.54) is 37.6 Å². The Morgan fingerprint density at radius 2 is 1.64 bits per heavy atom. The minimum absolute atomic E-state index is 1.10. The van der Waals surface area contributed by atoms with E-state index in [2.05, 4.69) is 107 Å². The zero-order valence-electron chi connectivity index (χ0n) is 16.8. The Morgan fingerprint density at radius 1 is 0.929 bits per heavy atom. The van der Waals surface area contributed by atoms with Crippen molar-refractivity contribution in [1.29, 1.82) is 0 Å². The first-order valence-corrected chi connectivity index (χ1v) is 10.2. The van der Waals surface area contributed by atoms with Crippen LogP contribution in [-0.2, 0) is 0 Å². The maximum absolute atomic E-state index is 4.21. The number of rotatable bonds is 5. The zero-order valence-corrected chi connectivity index (χ0v) is 17.6. The lowest BCUT2D eigenvalue weighted by molar-refractivity contribution is 1.43. The fourth-order valence-corrected chi connectivity index (χ4v) is 4.08. The number of allylic oxidation sites excluding steroid dienone is 7. The Kier molecular flexibility index (Phi) is 6.28. The minimum Gasteiger partial charge on any atom is -0.136 e. The molecule has 0 aliphatic rings. The van der Waals surface area contributed by atoms with Crippen LogP contribution < -0.4 is 9.75 Å². The van der Waals surface area contributed by atoms with Crippen molar-refractivity contribution in [3.8, 4) is 0 Å². The second kappa shape index (κ2) is 8.86. The average molecular weight is 383 g/mol. The predicted molar refractivity (Wildman–Crippen MR) is 128 cm³/mol. The zero-order chi connectivity index (χ0) is 20.1. The fourth-order valence-electron chi connectivity index (χ4n) is 3.09. The molecule has 1 aromatic heterocycles. The summed E-state index contributed by atoms with van der Waals surface area (Å²) in [5.74, 6) is 0. The summed E-state index contributed by atoms with van der Waals surface area (Å²) < 4.78 is 2.38. The van der Waals surface area contributed by atoms with Crippen LogP contribution in [0.3, 0.4) is 0 Å². The molecule has 0 saturated heterocycles. The number of thiophene rings is 1. The minimum atomic E-state index is 1.10. The lowest BCUT2D eigenvalue weighted by Crippen LogP contribution is -2.15. The molecule has 0 atom stereocenters. The molecule has 0 saturated carbocycles. The molecule has 0 aliphatic heterocycles. The molecule has 0 radical (unpaired) electrons. The van der Waals surface area contributed by atoms with Crippen LogP contribution >= 0.6 is 11.3 Å². The summed E-state index contributed by atoms with van der Waals surface area (Å²) >= 11 is 1.74. The van der Waals surface area contributed by atoms with Gasteiger partial charge >= 0.3 is 0 Å². The summed E-state index contributed by atoms with van der Waals surface area (Å²) in [6, 6.07) is 17.1. The predicted octanol–water partition coefficient (Wildman–Crippen LogP) is 6.56. The van der Waals surface area contributed by atoms with Crippen molar-refractivity contribution in [3.63, 3.8) is 0 Å². The lowest BCUT2D eigenvalue weighted by Gasteiger charge is -2.03. The monoisotopic (exact) mass is 382 g/mol. The summed E-state index contributed by atoms with van der Waals surface area (Å²) in [5.41, 5.74) is 6.05. The lowest BCUT2D eigenvalue weighted by atomic mass is 10.0. The smallest absolute Gasteiger partial charge is 0.0355 e. The molecule has 0 aliphatic carbocycles. The molecule has 3 aromatic rings. The third-order valence-electron chi connectivity index (χ3n) is 4.91. The van der Waals surface area contributed by atoms with E-state index in [0.29, 0.717) is 0 Å². The van der Waals surface area contributed by atoms with Gasteiger partial charge in [0, 0.05) is 14.6 Å². The first-order chi connectivity index (χ1) is 13.5. The highest BCUT2D eigenvalue weighted by atomic mass is 32.1. The highest BCUT2D eigenvalue weighted by Gasteiger charge is 1.99. The third-order valence-corrected chi connectivity index (χ3v) is 5.95. The third kappa shape index (κ3) is 4.49. The molecule has 3 rings (SSSR count). The number of aryl methyl sites for hydroxylation is 1. The summed E-state index contributed by atoms with van der Waals surface area (Å²) in [6.07, 6.45) is 10.5. The van der Waals surface area contributed by atoms with Crippen LogP contribution in [0.5, 0.6) is 0 Å². The van der Waals surface area contributed by atoms with Crippen LogP contribution in [0.2, 0.25) is 0 Å². The maximum Gasteiger partial charge on any atom is 0.0355 e. The number of benzene rings is 2. The van der Waals surface area contributed by atoms with Crippen molar-refractivity contribution >= 4 is 39.7 Å².